The van der Waals surface area contributed by atoms with Crippen LogP contribution in [0.15, 0.2) is 40.2 Å². The van der Waals surface area contributed by atoms with Gasteiger partial charge in [0.2, 0.25) is 11.8 Å². The molecule has 0 saturated heterocycles. The maximum atomic E-state index is 9.56. The van der Waals surface area contributed by atoms with E-state index in [-0.39, 0.29) is 17.7 Å². The highest BCUT2D eigenvalue weighted by Gasteiger charge is 2.36. The van der Waals surface area contributed by atoms with E-state index in [4.69, 9.17) is 10.5 Å². The molecule has 5 nitrogen and oxygen atoms in total. The Labute approximate surface area is 136 Å². The van der Waals surface area contributed by atoms with Crippen molar-refractivity contribution in [2.24, 2.45) is 5.73 Å². The fraction of sp³-hybridized carbons (Fsp3) is 0.250. The number of fused-ring (bicyclic) bond motifs is 1. The van der Waals surface area contributed by atoms with Gasteiger partial charge in [-0.15, -0.1) is 5.10 Å². The lowest BCUT2D eigenvalue weighted by atomic mass is 9.82. The summed E-state index contributed by atoms with van der Waals surface area (Å²) < 4.78 is 6.46. The number of H-pyrrole nitrogens is 1. The summed E-state index contributed by atoms with van der Waals surface area (Å²) in [6.45, 7) is 4.14. The summed E-state index contributed by atoms with van der Waals surface area (Å²) in [5, 5.41) is 16.8. The van der Waals surface area contributed by atoms with Crippen LogP contribution in [0, 0.1) is 11.3 Å². The molecule has 1 atom stereocenters. The van der Waals surface area contributed by atoms with Crippen LogP contribution in [-0.2, 0) is 0 Å². The number of hydrogen-bond acceptors (Lipinski definition) is 4. The first-order valence-corrected chi connectivity index (χ1v) is 7.74. The number of allylic oxidation sites excluding steroid dienone is 1. The number of nitrogens with two attached hydrogens (primary N) is 1. The number of nitrogens with one attached hydrogen (secondary N) is 1. The Morgan fingerprint density at radius 2 is 2.14 bits per heavy atom. The molecule has 6 heteroatoms. The van der Waals surface area contributed by atoms with Gasteiger partial charge in [0.25, 0.3) is 0 Å². The molecule has 2 heterocycles. The summed E-state index contributed by atoms with van der Waals surface area (Å²) in [6, 6.07) is 10.00. The Balaban J connectivity index is 2.29. The smallest absolute Gasteiger partial charge is 0.244 e. The Bertz CT molecular complexity index is 801. The fourth-order valence-electron chi connectivity index (χ4n) is 2.73. The minimum absolute atomic E-state index is 0.109. The number of nitrogens with zero attached hydrogens (tertiary/aromatic N) is 2. The monoisotopic (exact) mass is 358 g/mol. The Kier molecular flexibility index (Phi) is 3.67. The number of nitriles is 1. The molecule has 3 rings (SSSR count). The number of ether oxygens (including phenoxy) is 1. The lowest BCUT2D eigenvalue weighted by molar-refractivity contribution is 0.378. The van der Waals surface area contributed by atoms with Gasteiger partial charge < -0.3 is 10.5 Å². The van der Waals surface area contributed by atoms with Crippen molar-refractivity contribution in [2.45, 2.75) is 25.7 Å². The zero-order chi connectivity index (χ0) is 15.9. The highest BCUT2D eigenvalue weighted by molar-refractivity contribution is 9.10. The van der Waals surface area contributed by atoms with Gasteiger partial charge in [0, 0.05) is 10.2 Å². The molecule has 0 fully saturated rings. The van der Waals surface area contributed by atoms with Crippen molar-refractivity contribution in [1.82, 2.24) is 10.2 Å². The highest BCUT2D eigenvalue weighted by atomic mass is 79.9. The molecule has 0 spiro atoms. The molecule has 112 valence electrons. The molecular formula is C16H15BrN4O. The van der Waals surface area contributed by atoms with E-state index in [0.29, 0.717) is 11.5 Å². The van der Waals surface area contributed by atoms with E-state index < -0.39 is 0 Å². The average Bonchev–Trinajstić information content (AvgIpc) is 2.90. The van der Waals surface area contributed by atoms with Crippen molar-refractivity contribution in [3.63, 3.8) is 0 Å². The zero-order valence-electron chi connectivity index (χ0n) is 12.2. The zero-order valence-corrected chi connectivity index (χ0v) is 13.8. The molecule has 3 N–H and O–H groups in total. The second-order valence-electron chi connectivity index (χ2n) is 5.46. The Morgan fingerprint density at radius 1 is 1.41 bits per heavy atom. The molecule has 0 amide bonds. The third kappa shape index (κ3) is 2.18. The van der Waals surface area contributed by atoms with Gasteiger partial charge in [-0.1, -0.05) is 48.0 Å². The maximum absolute atomic E-state index is 9.56. The molecule has 0 radical (unpaired) electrons. The van der Waals surface area contributed by atoms with E-state index in [1.165, 1.54) is 0 Å². The molecule has 2 aromatic rings. The standard InChI is InChI=1S/C16H15BrN4O/c1-8(2)14-13-12(9-5-3-4-6-11(9)17)10(7-18)15(19)22-16(13)21-20-14/h3-6,8,12H,19H2,1-2H3,(H,20,21)/t12-/m1/s1. The predicted octanol–water partition coefficient (Wildman–Crippen LogP) is 3.51. The van der Waals surface area contributed by atoms with Crippen molar-refractivity contribution in [1.29, 1.82) is 5.26 Å². The van der Waals surface area contributed by atoms with Crippen LogP contribution in [0.1, 0.15) is 42.5 Å². The molecular weight excluding hydrogens is 344 g/mol. The van der Waals surface area contributed by atoms with Gasteiger partial charge >= 0.3 is 0 Å². The van der Waals surface area contributed by atoms with Gasteiger partial charge in [0.1, 0.15) is 11.6 Å². The number of aromatic amines is 1. The van der Waals surface area contributed by atoms with Crippen LogP contribution in [0.5, 0.6) is 5.88 Å². The summed E-state index contributed by atoms with van der Waals surface area (Å²) in [5.41, 5.74) is 9.14. The summed E-state index contributed by atoms with van der Waals surface area (Å²) in [6.07, 6.45) is 0. The SMILES string of the molecule is CC(C)c1[nH]nc2c1[C@H](c1ccccc1Br)C(C#N)=C(N)O2. The second-order valence-corrected chi connectivity index (χ2v) is 6.31. The summed E-state index contributed by atoms with van der Waals surface area (Å²) >= 11 is 3.57. The number of halogens is 1. The van der Waals surface area contributed by atoms with Gasteiger partial charge in [-0.3, -0.25) is 5.10 Å². The minimum Gasteiger partial charge on any atom is -0.420 e. The van der Waals surface area contributed by atoms with Crippen molar-refractivity contribution in [3.8, 4) is 11.9 Å². The van der Waals surface area contributed by atoms with Crippen molar-refractivity contribution in [2.75, 3.05) is 0 Å². The van der Waals surface area contributed by atoms with Gasteiger partial charge in [-0.2, -0.15) is 5.26 Å². The Morgan fingerprint density at radius 3 is 2.77 bits per heavy atom. The topological polar surface area (TPSA) is 87.7 Å². The molecule has 1 aromatic carbocycles. The van der Waals surface area contributed by atoms with Crippen LogP contribution in [-0.4, -0.2) is 10.2 Å². The van der Waals surface area contributed by atoms with Crippen LogP contribution in [0.3, 0.4) is 0 Å². The third-order valence-electron chi connectivity index (χ3n) is 3.76. The molecule has 0 saturated carbocycles. The van der Waals surface area contributed by atoms with Gasteiger partial charge in [0.15, 0.2) is 0 Å². The van der Waals surface area contributed by atoms with Crippen LogP contribution in [0.2, 0.25) is 0 Å². The van der Waals surface area contributed by atoms with E-state index in [1.54, 1.807) is 0 Å². The second kappa shape index (κ2) is 5.50. The summed E-state index contributed by atoms with van der Waals surface area (Å²) in [4.78, 5) is 0. The van der Waals surface area contributed by atoms with Gasteiger partial charge in [-0.05, 0) is 17.5 Å². The van der Waals surface area contributed by atoms with E-state index in [1.807, 2.05) is 24.3 Å². The largest absolute Gasteiger partial charge is 0.420 e. The van der Waals surface area contributed by atoms with Crippen molar-refractivity contribution in [3.05, 3.63) is 57.0 Å². The van der Waals surface area contributed by atoms with E-state index >= 15 is 0 Å². The average molecular weight is 359 g/mol. The van der Waals surface area contributed by atoms with E-state index in [9.17, 15) is 5.26 Å². The van der Waals surface area contributed by atoms with Crippen molar-refractivity contribution >= 4 is 15.9 Å². The minimum atomic E-state index is -0.291. The molecule has 0 aliphatic carbocycles. The van der Waals surface area contributed by atoms with Crippen LogP contribution in [0.25, 0.3) is 0 Å². The molecule has 22 heavy (non-hydrogen) atoms. The van der Waals surface area contributed by atoms with Crippen molar-refractivity contribution < 1.29 is 4.74 Å². The maximum Gasteiger partial charge on any atom is 0.244 e. The van der Waals surface area contributed by atoms with Crippen LogP contribution in [0.4, 0.5) is 0 Å². The number of aromatic nitrogens is 2. The molecule has 0 bridgehead atoms. The number of hydrogen-bond donors (Lipinski definition) is 2. The lowest BCUT2D eigenvalue weighted by Crippen LogP contribution is -2.21. The number of benzene rings is 1. The quantitative estimate of drug-likeness (QED) is 0.859. The Hall–Kier alpha value is -2.26. The predicted molar refractivity (Wildman–Crippen MR) is 86.1 cm³/mol. The summed E-state index contributed by atoms with van der Waals surface area (Å²) in [7, 11) is 0. The van der Waals surface area contributed by atoms with Crippen LogP contribution >= 0.6 is 15.9 Å². The molecule has 1 aliphatic heterocycles. The molecule has 1 aliphatic rings. The summed E-state index contributed by atoms with van der Waals surface area (Å²) in [5.74, 6) is 0.489. The lowest BCUT2D eigenvalue weighted by Gasteiger charge is -2.25. The molecule has 0 unspecified atom stereocenters. The van der Waals surface area contributed by atoms with E-state index in [2.05, 4.69) is 46.0 Å². The molecule has 1 aromatic heterocycles. The van der Waals surface area contributed by atoms with Gasteiger partial charge in [-0.25, -0.2) is 0 Å². The van der Waals surface area contributed by atoms with Gasteiger partial charge in [0.05, 0.1) is 11.5 Å². The van der Waals surface area contributed by atoms with E-state index in [0.717, 1.165) is 21.3 Å². The first-order chi connectivity index (χ1) is 10.5. The van der Waals surface area contributed by atoms with Crippen LogP contribution < -0.4 is 10.5 Å². The first-order valence-electron chi connectivity index (χ1n) is 6.94. The number of rotatable bonds is 2. The first kappa shape index (κ1) is 14.7. The fourth-order valence-corrected chi connectivity index (χ4v) is 3.24. The third-order valence-corrected chi connectivity index (χ3v) is 4.48. The normalized spacial score (nSPS) is 17.1. The highest BCUT2D eigenvalue weighted by Crippen LogP contribution is 2.45.